The van der Waals surface area contributed by atoms with Crippen LogP contribution < -0.4 is 4.43 Å². The Morgan fingerprint density at radius 2 is 1.59 bits per heavy atom. The summed E-state index contributed by atoms with van der Waals surface area (Å²) in [5.41, 5.74) is 1.86. The number of para-hydroxylation sites is 1. The first-order valence-electron chi connectivity index (χ1n) is 11.4. The molecular formula is C24H36O4Si. The van der Waals surface area contributed by atoms with E-state index < -0.39 is 14.8 Å². The topological polar surface area (TPSA) is 36.9 Å². The fourth-order valence-corrected chi connectivity index (χ4v) is 7.81. The van der Waals surface area contributed by atoms with Gasteiger partial charge >= 0.3 is 0 Å². The number of methoxy groups -OCH3 is 1. The zero-order chi connectivity index (χ0) is 20.6. The van der Waals surface area contributed by atoms with E-state index in [0.717, 1.165) is 23.1 Å². The molecule has 4 bridgehead atoms. The lowest BCUT2D eigenvalue weighted by atomic mass is 9.47. The van der Waals surface area contributed by atoms with Crippen molar-refractivity contribution in [1.29, 1.82) is 0 Å². The van der Waals surface area contributed by atoms with Crippen LogP contribution in [-0.2, 0) is 25.7 Å². The van der Waals surface area contributed by atoms with Crippen molar-refractivity contribution < 1.29 is 18.9 Å². The minimum absolute atomic E-state index is 0.0224. The third-order valence-electron chi connectivity index (χ3n) is 7.98. The molecule has 1 spiro atoms. The van der Waals surface area contributed by atoms with Crippen LogP contribution in [0.1, 0.15) is 64.0 Å². The first kappa shape index (κ1) is 20.0. The molecular weight excluding hydrogens is 380 g/mol. The molecule has 0 N–H and O–H groups in total. The molecule has 1 heterocycles. The highest BCUT2D eigenvalue weighted by molar-refractivity contribution is 6.49. The average Bonchev–Trinajstić information content (AvgIpc) is 2.61. The van der Waals surface area contributed by atoms with Gasteiger partial charge in [0.1, 0.15) is 5.75 Å². The molecule has 4 nitrogen and oxygen atoms in total. The minimum atomic E-state index is -1.33. The van der Waals surface area contributed by atoms with Crippen molar-refractivity contribution in [1.82, 2.24) is 0 Å². The van der Waals surface area contributed by atoms with Crippen molar-refractivity contribution in [3.05, 3.63) is 29.3 Å². The monoisotopic (exact) mass is 416 g/mol. The Balaban J connectivity index is 1.66. The maximum atomic E-state index is 6.60. The first-order valence-corrected chi connectivity index (χ1v) is 14.2. The van der Waals surface area contributed by atoms with Crippen LogP contribution in [0.15, 0.2) is 18.2 Å². The summed E-state index contributed by atoms with van der Waals surface area (Å²) < 4.78 is 12.9. The summed E-state index contributed by atoms with van der Waals surface area (Å²) in [5.74, 6) is 2.85. The lowest BCUT2D eigenvalue weighted by Crippen LogP contribution is -2.76. The average molecular weight is 417 g/mol. The molecule has 5 aliphatic rings. The van der Waals surface area contributed by atoms with E-state index in [4.69, 9.17) is 18.9 Å². The van der Waals surface area contributed by atoms with Gasteiger partial charge in [0, 0.05) is 7.11 Å². The van der Waals surface area contributed by atoms with Gasteiger partial charge in [0.05, 0.1) is 5.56 Å². The smallest absolute Gasteiger partial charge is 0.264 e. The molecule has 0 radical (unpaired) electrons. The molecule has 4 aliphatic carbocycles. The molecule has 1 atom stereocenters. The van der Waals surface area contributed by atoms with Crippen molar-refractivity contribution in [3.8, 4) is 5.75 Å². The van der Waals surface area contributed by atoms with Crippen LogP contribution in [-0.4, -0.2) is 21.8 Å². The second kappa shape index (κ2) is 6.56. The van der Waals surface area contributed by atoms with Gasteiger partial charge in [0.25, 0.3) is 5.79 Å². The van der Waals surface area contributed by atoms with E-state index in [9.17, 15) is 0 Å². The Kier molecular flexibility index (Phi) is 4.53. The third kappa shape index (κ3) is 2.67. The molecule has 1 aromatic carbocycles. The van der Waals surface area contributed by atoms with Crippen LogP contribution in [0.3, 0.4) is 0 Å². The molecule has 1 saturated heterocycles. The summed E-state index contributed by atoms with van der Waals surface area (Å²) in [6.45, 7) is 11.2. The van der Waals surface area contributed by atoms with Gasteiger partial charge < -0.3 is 9.16 Å². The van der Waals surface area contributed by atoms with Crippen LogP contribution in [0.5, 0.6) is 5.75 Å². The second-order valence-corrected chi connectivity index (χ2v) is 13.5. The molecule has 1 aliphatic heterocycles. The fraction of sp³-hybridized carbons (Fsp3) is 0.750. The number of hydrogen-bond donors (Lipinski definition) is 0. The summed E-state index contributed by atoms with van der Waals surface area (Å²) in [4.78, 5) is 12.2. The lowest BCUT2D eigenvalue weighted by molar-refractivity contribution is -0.645. The van der Waals surface area contributed by atoms with Crippen molar-refractivity contribution in [3.63, 3.8) is 0 Å². The zero-order valence-corrected chi connectivity index (χ0v) is 19.9. The van der Waals surface area contributed by atoms with Crippen molar-refractivity contribution >= 4 is 9.04 Å². The van der Waals surface area contributed by atoms with Crippen LogP contribution >= 0.6 is 0 Å². The van der Waals surface area contributed by atoms with Crippen molar-refractivity contribution in [2.75, 3.05) is 7.11 Å². The lowest BCUT2D eigenvalue weighted by Gasteiger charge is -2.68. The van der Waals surface area contributed by atoms with E-state index in [-0.39, 0.29) is 11.0 Å². The van der Waals surface area contributed by atoms with Crippen LogP contribution in [0.2, 0.25) is 13.1 Å². The van der Waals surface area contributed by atoms with Gasteiger partial charge in [-0.25, -0.2) is 4.89 Å². The molecule has 5 fully saturated rings. The zero-order valence-electron chi connectivity index (χ0n) is 18.8. The summed E-state index contributed by atoms with van der Waals surface area (Å²) >= 11 is 0. The van der Waals surface area contributed by atoms with Gasteiger partial charge in [-0.05, 0) is 85.9 Å². The number of rotatable bonds is 4. The highest BCUT2D eigenvalue weighted by atomic mass is 28.3. The molecule has 5 heteroatoms. The Labute approximate surface area is 176 Å². The van der Waals surface area contributed by atoms with Gasteiger partial charge in [-0.1, -0.05) is 32.9 Å². The van der Waals surface area contributed by atoms with Gasteiger partial charge in [-0.15, -0.1) is 0 Å². The standard InChI is InChI=1S/C24H36O4Si/c1-22(2,3)19-8-7-9-20(21(19)26-29(5)6)24(25-4)23(27-28-24)17-11-15-10-16(13-17)14-18(23)12-15/h7-9,15-18,29H,10-14H2,1-6H3. The number of hydrogen-bond acceptors (Lipinski definition) is 4. The van der Waals surface area contributed by atoms with Crippen molar-refractivity contribution in [2.24, 2.45) is 23.7 Å². The largest absolute Gasteiger partial charge is 0.546 e. The molecule has 0 aromatic heterocycles. The Bertz CT molecular complexity index is 767. The molecule has 4 saturated carbocycles. The third-order valence-corrected chi connectivity index (χ3v) is 8.69. The fourth-order valence-electron chi connectivity index (χ4n) is 7.08. The van der Waals surface area contributed by atoms with Gasteiger partial charge in [0.2, 0.25) is 9.04 Å². The van der Waals surface area contributed by atoms with E-state index in [1.54, 1.807) is 7.11 Å². The maximum Gasteiger partial charge on any atom is 0.264 e. The summed E-state index contributed by atoms with van der Waals surface area (Å²) in [6.07, 6.45) is 6.40. The maximum absolute atomic E-state index is 6.60. The minimum Gasteiger partial charge on any atom is -0.546 e. The molecule has 1 aromatic rings. The highest BCUT2D eigenvalue weighted by Crippen LogP contribution is 2.70. The molecule has 1 unspecified atom stereocenters. The Morgan fingerprint density at radius 3 is 2.03 bits per heavy atom. The molecule has 6 rings (SSSR count). The van der Waals surface area contributed by atoms with E-state index in [1.807, 2.05) is 0 Å². The normalized spacial score (nSPS) is 40.5. The summed E-state index contributed by atoms with van der Waals surface area (Å²) in [6, 6.07) is 6.49. The van der Waals surface area contributed by atoms with E-state index in [2.05, 4.69) is 52.1 Å². The molecule has 0 amide bonds. The second-order valence-electron chi connectivity index (χ2n) is 11.2. The predicted octanol–water partition coefficient (Wildman–Crippen LogP) is 5.30. The molecule has 29 heavy (non-hydrogen) atoms. The first-order chi connectivity index (χ1) is 13.7. The van der Waals surface area contributed by atoms with Gasteiger partial charge in [-0.3, -0.25) is 0 Å². The SMILES string of the molecule is COC1(c2cccc(C(C)(C)C)c2O[SiH](C)C)OOC12C1CC3CC(C1)CC2C3. The van der Waals surface area contributed by atoms with Gasteiger partial charge in [0.15, 0.2) is 5.60 Å². The summed E-state index contributed by atoms with van der Waals surface area (Å²) in [5, 5.41) is 0. The van der Waals surface area contributed by atoms with E-state index >= 15 is 0 Å². The quantitative estimate of drug-likeness (QED) is 0.493. The molecule has 160 valence electrons. The number of ether oxygens (including phenoxy) is 1. The van der Waals surface area contributed by atoms with E-state index in [0.29, 0.717) is 11.8 Å². The number of benzene rings is 1. The predicted molar refractivity (Wildman–Crippen MR) is 115 cm³/mol. The Hall–Kier alpha value is -0.883. The van der Waals surface area contributed by atoms with Crippen LogP contribution in [0, 0.1) is 23.7 Å². The summed E-state index contributed by atoms with van der Waals surface area (Å²) in [7, 11) is 0.459. The van der Waals surface area contributed by atoms with Crippen LogP contribution in [0.4, 0.5) is 0 Å². The highest BCUT2D eigenvalue weighted by Gasteiger charge is 2.77. The van der Waals surface area contributed by atoms with Crippen LogP contribution in [0.25, 0.3) is 0 Å². The van der Waals surface area contributed by atoms with E-state index in [1.165, 1.54) is 37.7 Å². The van der Waals surface area contributed by atoms with Gasteiger partial charge in [-0.2, -0.15) is 4.89 Å². The Morgan fingerprint density at radius 1 is 0.966 bits per heavy atom. The van der Waals surface area contributed by atoms with Crippen molar-refractivity contribution in [2.45, 2.75) is 82.8 Å².